The van der Waals surface area contributed by atoms with Crippen molar-refractivity contribution in [3.8, 4) is 0 Å². The molecule has 0 aliphatic heterocycles. The first-order valence-corrected chi connectivity index (χ1v) is 28.3. The number of benzene rings is 3. The van der Waals surface area contributed by atoms with Gasteiger partial charge in [-0.2, -0.15) is 0 Å². The quantitative estimate of drug-likeness (QED) is 0.0372. The number of hydrogen-bond acceptors (Lipinski definition) is 12. The number of carbonyl (C=O) groups is 9. The largest absolute Gasteiger partial charge is 0.350 e. The lowest BCUT2D eigenvalue weighted by molar-refractivity contribution is -0.140. The molecule has 0 heterocycles. The van der Waals surface area contributed by atoms with Crippen LogP contribution in [0.25, 0.3) is 0 Å². The summed E-state index contributed by atoms with van der Waals surface area (Å²) in [5.74, 6) is -5.66. The minimum atomic E-state index is -1.62. The lowest BCUT2D eigenvalue weighted by Crippen LogP contribution is -2.66. The molecule has 0 radical (unpaired) electrons. The number of carbonyl (C=O) groups excluding carboxylic acids is 9. The minimum absolute atomic E-state index is 0.0626. The van der Waals surface area contributed by atoms with Gasteiger partial charge in [0.15, 0.2) is 0 Å². The third-order valence-corrected chi connectivity index (χ3v) is 14.4. The summed E-state index contributed by atoms with van der Waals surface area (Å²) in [4.78, 5) is 123. The topological polar surface area (TPSA) is 312 Å². The maximum Gasteiger partial charge on any atom is 0.246 e. The van der Waals surface area contributed by atoms with Gasteiger partial charge in [0.05, 0.1) is 6.54 Å². The Bertz CT molecular complexity index is 2520. The average molecular weight is 1130 g/mol. The Hall–Kier alpha value is -7.23. The summed E-state index contributed by atoms with van der Waals surface area (Å²) in [6.45, 7) is 18.3. The monoisotopic (exact) mass is 1120 g/mol. The summed E-state index contributed by atoms with van der Waals surface area (Å²) in [6.07, 6.45) is 4.07. The van der Waals surface area contributed by atoms with E-state index >= 15 is 0 Å². The van der Waals surface area contributed by atoms with Gasteiger partial charge in [-0.05, 0) is 129 Å². The van der Waals surface area contributed by atoms with Gasteiger partial charge >= 0.3 is 0 Å². The van der Waals surface area contributed by atoms with Gasteiger partial charge in [-0.1, -0.05) is 112 Å². The molecule has 21 nitrogen and oxygen atoms in total. The predicted octanol–water partition coefficient (Wildman–Crippen LogP) is 1.87. The molecule has 7 atom stereocenters. The molecule has 21 heteroatoms. The van der Waals surface area contributed by atoms with E-state index in [0.717, 1.165) is 55.6 Å². The van der Waals surface area contributed by atoms with Gasteiger partial charge < -0.3 is 64.2 Å². The molecule has 13 N–H and O–H groups in total. The number of hydrogen-bond donors (Lipinski definition) is 12. The molecular formula is C60H92N12O9. The molecule has 9 amide bonds. The fourth-order valence-corrected chi connectivity index (χ4v) is 8.45. The van der Waals surface area contributed by atoms with E-state index in [0.29, 0.717) is 19.5 Å². The maximum absolute atomic E-state index is 14.3. The van der Waals surface area contributed by atoms with Crippen LogP contribution in [0.3, 0.4) is 0 Å². The molecule has 0 aliphatic rings. The van der Waals surface area contributed by atoms with Crippen molar-refractivity contribution in [3.05, 3.63) is 108 Å². The van der Waals surface area contributed by atoms with E-state index in [9.17, 15) is 43.2 Å². The third kappa shape index (κ3) is 23.0. The van der Waals surface area contributed by atoms with Crippen LogP contribution in [-0.2, 0) is 62.4 Å². The molecule has 0 saturated carbocycles. The van der Waals surface area contributed by atoms with Crippen molar-refractivity contribution >= 4 is 53.2 Å². The number of rotatable bonds is 36. The second-order valence-corrected chi connectivity index (χ2v) is 21.9. The molecule has 0 aromatic heterocycles. The van der Waals surface area contributed by atoms with Gasteiger partial charge in [-0.3, -0.25) is 43.2 Å². The van der Waals surface area contributed by atoms with E-state index < -0.39 is 100.0 Å². The van der Waals surface area contributed by atoms with E-state index in [2.05, 4.69) is 58.5 Å². The van der Waals surface area contributed by atoms with Crippen molar-refractivity contribution in [1.82, 2.24) is 58.5 Å². The number of unbranched alkanes of at least 4 members (excludes halogenated alkanes) is 1. The highest BCUT2D eigenvalue weighted by atomic mass is 16.2. The van der Waals surface area contributed by atoms with Crippen LogP contribution in [-0.4, -0.2) is 139 Å². The molecule has 3 rings (SSSR count). The summed E-state index contributed by atoms with van der Waals surface area (Å²) in [5.41, 5.74) is 2.06. The molecule has 0 spiro atoms. The minimum Gasteiger partial charge on any atom is -0.350 e. The summed E-state index contributed by atoms with van der Waals surface area (Å²) in [5, 5.41) is 31.6. The first kappa shape index (κ1) is 68.0. The van der Waals surface area contributed by atoms with Crippen LogP contribution in [0.15, 0.2) is 91.0 Å². The Morgan fingerprint density at radius 1 is 0.481 bits per heavy atom. The molecule has 0 unspecified atom stereocenters. The van der Waals surface area contributed by atoms with Crippen LogP contribution < -0.4 is 64.2 Å². The lowest BCUT2D eigenvalue weighted by Gasteiger charge is -2.35. The SMILES string of the molecule is CC[C@](C)(NC(=O)[C@H](C)NC(=O)C(C)(C)NC(=O)[C@](C)(CC)NC(=O)[C@H](Cc1ccccc1)NC(C)=O)C(=O)NCC(=O)N[C@@H](Cc1ccccc1)C(=O)N[C@@](C)(CC)C(=O)N[C@H](CNCCCNCCCCN)Cc1ccccc1. The Labute approximate surface area is 479 Å². The van der Waals surface area contributed by atoms with E-state index in [1.165, 1.54) is 41.5 Å². The molecular weight excluding hydrogens is 1030 g/mol. The van der Waals surface area contributed by atoms with Crippen LogP contribution in [0, 0.1) is 0 Å². The van der Waals surface area contributed by atoms with Crippen molar-refractivity contribution in [2.24, 2.45) is 5.73 Å². The van der Waals surface area contributed by atoms with E-state index in [1.54, 1.807) is 64.1 Å². The Morgan fingerprint density at radius 2 is 0.926 bits per heavy atom. The normalized spacial score (nSPS) is 15.0. The molecule has 0 bridgehead atoms. The van der Waals surface area contributed by atoms with E-state index in [-0.39, 0.29) is 38.1 Å². The molecule has 0 saturated heterocycles. The fourth-order valence-electron chi connectivity index (χ4n) is 8.45. The lowest BCUT2D eigenvalue weighted by atomic mass is 9.93. The summed E-state index contributed by atoms with van der Waals surface area (Å²) < 4.78 is 0. The highest BCUT2D eigenvalue weighted by Gasteiger charge is 2.42. The Morgan fingerprint density at radius 3 is 1.42 bits per heavy atom. The first-order chi connectivity index (χ1) is 38.3. The van der Waals surface area contributed by atoms with Crippen LogP contribution in [0.2, 0.25) is 0 Å². The van der Waals surface area contributed by atoms with Gasteiger partial charge in [0.25, 0.3) is 0 Å². The summed E-state index contributed by atoms with van der Waals surface area (Å²) in [6, 6.07) is 24.2. The van der Waals surface area contributed by atoms with Crippen molar-refractivity contribution in [2.45, 2.75) is 173 Å². The smallest absolute Gasteiger partial charge is 0.246 e. The summed E-state index contributed by atoms with van der Waals surface area (Å²) >= 11 is 0. The zero-order valence-electron chi connectivity index (χ0n) is 49.3. The Balaban J connectivity index is 1.65. The standard InChI is InChI=1S/C60H92N12O9/c1-11-58(8,69-50(75)41(4)65-53(78)57(6,7)72-56(81)60(10,13-3)71-51(76)47(66-42(5)73)37-44-28-19-15-20-29-44)54(79)64-40-49(74)68-48(38-45-30-21-16-22-31-45)52(77)70-59(9,12-2)55(80)67-46(36-43-26-17-14-18-27-43)39-63-35-25-34-62-33-24-23-32-61/h14-22,26-31,41,46-48,62-63H,11-13,23-25,32-40,61H2,1-10H3,(H,64,79)(H,65,78)(H,66,73)(H,67,80)(H,68,74)(H,69,75)(H,70,77)(H,71,76)(H,72,81)/t41-,46-,47-,48-,58-,59-,60-/m0/s1. The van der Waals surface area contributed by atoms with Gasteiger partial charge in [-0.25, -0.2) is 0 Å². The molecule has 3 aromatic rings. The van der Waals surface area contributed by atoms with Crippen molar-refractivity contribution < 1.29 is 43.2 Å². The molecule has 81 heavy (non-hydrogen) atoms. The van der Waals surface area contributed by atoms with Gasteiger partial charge in [0.1, 0.15) is 40.3 Å². The summed E-state index contributed by atoms with van der Waals surface area (Å²) in [7, 11) is 0. The van der Waals surface area contributed by atoms with Gasteiger partial charge in [0.2, 0.25) is 53.2 Å². The zero-order chi connectivity index (χ0) is 60.2. The number of amides is 9. The molecule has 0 fully saturated rings. The zero-order valence-corrected chi connectivity index (χ0v) is 49.3. The molecule has 446 valence electrons. The number of nitrogens with two attached hydrogens (primary N) is 1. The maximum atomic E-state index is 14.3. The van der Waals surface area contributed by atoms with Gasteiger partial charge in [-0.15, -0.1) is 0 Å². The van der Waals surface area contributed by atoms with E-state index in [1.807, 2.05) is 54.6 Å². The third-order valence-electron chi connectivity index (χ3n) is 14.4. The predicted molar refractivity (Wildman–Crippen MR) is 314 cm³/mol. The van der Waals surface area contributed by atoms with Crippen LogP contribution >= 0.6 is 0 Å². The highest BCUT2D eigenvalue weighted by Crippen LogP contribution is 2.17. The fraction of sp³-hybridized carbons (Fsp3) is 0.550. The van der Waals surface area contributed by atoms with Crippen LogP contribution in [0.4, 0.5) is 0 Å². The highest BCUT2D eigenvalue weighted by molar-refractivity contribution is 6.00. The first-order valence-electron chi connectivity index (χ1n) is 28.3. The van der Waals surface area contributed by atoms with Crippen molar-refractivity contribution in [1.29, 1.82) is 0 Å². The van der Waals surface area contributed by atoms with Gasteiger partial charge in [0, 0.05) is 32.4 Å². The number of nitrogens with one attached hydrogen (secondary N) is 11. The van der Waals surface area contributed by atoms with Crippen molar-refractivity contribution in [3.63, 3.8) is 0 Å². The van der Waals surface area contributed by atoms with Crippen molar-refractivity contribution in [2.75, 3.05) is 39.3 Å². The Kier molecular flexibility index (Phi) is 28.1. The van der Waals surface area contributed by atoms with E-state index in [4.69, 9.17) is 5.73 Å². The second-order valence-electron chi connectivity index (χ2n) is 21.9. The van der Waals surface area contributed by atoms with Crippen LogP contribution in [0.1, 0.15) is 124 Å². The van der Waals surface area contributed by atoms with Crippen LogP contribution in [0.5, 0.6) is 0 Å². The molecule has 0 aliphatic carbocycles. The molecule has 3 aromatic carbocycles. The average Bonchev–Trinajstić information content (AvgIpc) is 3.47. The second kappa shape index (κ2) is 33.5.